The minimum Gasteiger partial charge on any atom is -0.462 e. The van der Waals surface area contributed by atoms with Crippen molar-refractivity contribution >= 4 is 40.4 Å². The van der Waals surface area contributed by atoms with E-state index in [1.165, 1.54) is 6.21 Å². The first-order chi connectivity index (χ1) is 14.0. The zero-order chi connectivity index (χ0) is 21.2. The zero-order valence-corrected chi connectivity index (χ0v) is 17.2. The Balaban J connectivity index is 2.10. The summed E-state index contributed by atoms with van der Waals surface area (Å²) >= 11 is 0.951. The van der Waals surface area contributed by atoms with Crippen molar-refractivity contribution in [3.8, 4) is 0 Å². The highest BCUT2D eigenvalue weighted by atomic mass is 32.1. The molecule has 0 spiro atoms. The molecule has 0 aliphatic heterocycles. The lowest BCUT2D eigenvalue weighted by molar-refractivity contribution is -0.120. The summed E-state index contributed by atoms with van der Waals surface area (Å²) in [5, 5.41) is 6.51. The van der Waals surface area contributed by atoms with Crippen LogP contribution in [0.15, 0.2) is 35.5 Å². The van der Waals surface area contributed by atoms with E-state index >= 15 is 0 Å². The SMILES string of the molecule is CCOC(=O)c1sc(NC(=O)CO/N=C\c2ccccc2)c(C(=O)OCC)c1C. The van der Waals surface area contributed by atoms with Gasteiger partial charge in [-0.15, -0.1) is 11.3 Å². The molecule has 0 atom stereocenters. The number of carbonyl (C=O) groups excluding carboxylic acids is 3. The first-order valence-electron chi connectivity index (χ1n) is 8.95. The van der Waals surface area contributed by atoms with Gasteiger partial charge in [0.2, 0.25) is 0 Å². The Kier molecular flexibility index (Phi) is 8.35. The molecule has 1 heterocycles. The number of hydrogen-bond acceptors (Lipinski definition) is 8. The van der Waals surface area contributed by atoms with Crippen molar-refractivity contribution in [2.24, 2.45) is 5.16 Å². The fraction of sp³-hybridized carbons (Fsp3) is 0.300. The second-order valence-electron chi connectivity index (χ2n) is 5.67. The van der Waals surface area contributed by atoms with Gasteiger partial charge in [-0.1, -0.05) is 35.5 Å². The highest BCUT2D eigenvalue weighted by molar-refractivity contribution is 7.18. The van der Waals surface area contributed by atoms with Gasteiger partial charge in [0.15, 0.2) is 6.61 Å². The van der Waals surface area contributed by atoms with Crippen molar-refractivity contribution in [3.63, 3.8) is 0 Å². The van der Waals surface area contributed by atoms with Crippen LogP contribution in [0, 0.1) is 6.92 Å². The number of hydrogen-bond donors (Lipinski definition) is 1. The minimum absolute atomic E-state index is 0.126. The summed E-state index contributed by atoms with van der Waals surface area (Å²) in [5.41, 5.74) is 1.34. The fourth-order valence-electron chi connectivity index (χ4n) is 2.34. The van der Waals surface area contributed by atoms with Crippen LogP contribution in [0.1, 0.15) is 45.0 Å². The Hall–Kier alpha value is -3.20. The molecule has 0 bridgehead atoms. The van der Waals surface area contributed by atoms with E-state index in [1.54, 1.807) is 20.8 Å². The smallest absolute Gasteiger partial charge is 0.348 e. The Morgan fingerprint density at radius 2 is 1.72 bits per heavy atom. The van der Waals surface area contributed by atoms with Gasteiger partial charge in [-0.05, 0) is 31.9 Å². The Bertz CT molecular complexity index is 892. The van der Waals surface area contributed by atoms with Crippen LogP contribution >= 0.6 is 11.3 Å². The molecule has 1 amide bonds. The number of thiophene rings is 1. The van der Waals surface area contributed by atoms with E-state index in [0.717, 1.165) is 16.9 Å². The summed E-state index contributed by atoms with van der Waals surface area (Å²) in [7, 11) is 0. The molecule has 0 aliphatic rings. The van der Waals surface area contributed by atoms with Crippen LogP contribution in [0.25, 0.3) is 0 Å². The lowest BCUT2D eigenvalue weighted by atomic mass is 10.1. The monoisotopic (exact) mass is 418 g/mol. The van der Waals surface area contributed by atoms with E-state index in [2.05, 4.69) is 10.5 Å². The van der Waals surface area contributed by atoms with Gasteiger partial charge in [-0.2, -0.15) is 0 Å². The summed E-state index contributed by atoms with van der Waals surface area (Å²) in [6, 6.07) is 9.25. The van der Waals surface area contributed by atoms with Crippen molar-refractivity contribution in [3.05, 3.63) is 51.9 Å². The normalized spacial score (nSPS) is 10.6. The van der Waals surface area contributed by atoms with Crippen LogP contribution in [0.4, 0.5) is 5.00 Å². The number of carbonyl (C=O) groups is 3. The zero-order valence-electron chi connectivity index (χ0n) is 16.4. The molecule has 0 aliphatic carbocycles. The number of nitrogens with one attached hydrogen (secondary N) is 1. The number of anilines is 1. The Morgan fingerprint density at radius 3 is 2.38 bits per heavy atom. The highest BCUT2D eigenvalue weighted by Crippen LogP contribution is 2.34. The first kappa shape index (κ1) is 22.1. The Labute approximate surface area is 172 Å². The number of rotatable bonds is 9. The summed E-state index contributed by atoms with van der Waals surface area (Å²) in [6.07, 6.45) is 1.48. The summed E-state index contributed by atoms with van der Waals surface area (Å²) in [5.74, 6) is -1.72. The molecule has 154 valence electrons. The maximum absolute atomic E-state index is 12.3. The maximum atomic E-state index is 12.3. The van der Waals surface area contributed by atoms with Crippen molar-refractivity contribution in [1.29, 1.82) is 0 Å². The van der Waals surface area contributed by atoms with Crippen molar-refractivity contribution in [1.82, 2.24) is 0 Å². The van der Waals surface area contributed by atoms with Gasteiger partial charge < -0.3 is 19.6 Å². The third-order valence-corrected chi connectivity index (χ3v) is 4.80. The van der Waals surface area contributed by atoms with Crippen LogP contribution in [-0.4, -0.2) is 43.9 Å². The van der Waals surface area contributed by atoms with Crippen LogP contribution in [-0.2, 0) is 19.1 Å². The number of esters is 2. The molecule has 8 nitrogen and oxygen atoms in total. The van der Waals surface area contributed by atoms with E-state index < -0.39 is 17.8 Å². The number of amides is 1. The molecule has 9 heteroatoms. The molecule has 29 heavy (non-hydrogen) atoms. The molecule has 0 saturated carbocycles. The van der Waals surface area contributed by atoms with Crippen LogP contribution in [0.2, 0.25) is 0 Å². The summed E-state index contributed by atoms with van der Waals surface area (Å²) in [6.45, 7) is 4.95. The molecule has 2 aromatic rings. The predicted octanol–water partition coefficient (Wildman–Crippen LogP) is 3.40. The molecular formula is C20H22N2O6S. The lowest BCUT2D eigenvalue weighted by Gasteiger charge is -2.06. The predicted molar refractivity (Wildman–Crippen MR) is 110 cm³/mol. The van der Waals surface area contributed by atoms with Gasteiger partial charge in [-0.3, -0.25) is 4.79 Å². The molecule has 1 aromatic carbocycles. The van der Waals surface area contributed by atoms with E-state index in [4.69, 9.17) is 14.3 Å². The van der Waals surface area contributed by atoms with Crippen molar-refractivity contribution in [2.75, 3.05) is 25.1 Å². The Morgan fingerprint density at radius 1 is 1.07 bits per heavy atom. The van der Waals surface area contributed by atoms with Crippen LogP contribution in [0.3, 0.4) is 0 Å². The largest absolute Gasteiger partial charge is 0.462 e. The van der Waals surface area contributed by atoms with Crippen molar-refractivity contribution in [2.45, 2.75) is 20.8 Å². The van der Waals surface area contributed by atoms with Gasteiger partial charge in [0.1, 0.15) is 9.88 Å². The molecule has 1 aromatic heterocycles. The molecule has 0 saturated heterocycles. The van der Waals surface area contributed by atoms with Crippen LogP contribution in [0.5, 0.6) is 0 Å². The average Bonchev–Trinajstić information content (AvgIpc) is 3.02. The first-order valence-corrected chi connectivity index (χ1v) is 9.77. The number of nitrogens with zero attached hydrogens (tertiary/aromatic N) is 1. The third kappa shape index (κ3) is 6.15. The average molecular weight is 418 g/mol. The minimum atomic E-state index is -0.630. The number of oxime groups is 1. The van der Waals surface area contributed by atoms with Crippen molar-refractivity contribution < 1.29 is 28.7 Å². The fourth-order valence-corrected chi connectivity index (χ4v) is 3.44. The second-order valence-corrected chi connectivity index (χ2v) is 6.69. The number of ether oxygens (including phenoxy) is 2. The quantitative estimate of drug-likeness (QED) is 0.380. The maximum Gasteiger partial charge on any atom is 0.348 e. The molecule has 0 fully saturated rings. The van der Waals surface area contributed by atoms with Gasteiger partial charge in [-0.25, -0.2) is 9.59 Å². The standard InChI is InChI=1S/C20H22N2O6S/c1-4-26-19(24)16-13(3)17(20(25)27-5-2)29-18(16)22-15(23)12-28-21-11-14-9-7-6-8-10-14/h6-11H,4-5,12H2,1-3H3,(H,22,23)/b21-11-. The van der Waals surface area contributed by atoms with E-state index in [0.29, 0.717) is 5.56 Å². The van der Waals surface area contributed by atoms with Gasteiger partial charge in [0, 0.05) is 0 Å². The van der Waals surface area contributed by atoms with Gasteiger partial charge in [0.25, 0.3) is 5.91 Å². The second kappa shape index (κ2) is 11.0. The highest BCUT2D eigenvalue weighted by Gasteiger charge is 2.27. The molecule has 0 unspecified atom stereocenters. The summed E-state index contributed by atoms with van der Waals surface area (Å²) in [4.78, 5) is 41.9. The molecule has 1 N–H and O–H groups in total. The van der Waals surface area contributed by atoms with Gasteiger partial charge in [0.05, 0.1) is 25.0 Å². The van der Waals surface area contributed by atoms with Crippen LogP contribution < -0.4 is 5.32 Å². The topological polar surface area (TPSA) is 103 Å². The van der Waals surface area contributed by atoms with E-state index in [1.807, 2.05) is 30.3 Å². The number of benzene rings is 1. The van der Waals surface area contributed by atoms with E-state index in [-0.39, 0.29) is 35.3 Å². The molecular weight excluding hydrogens is 396 g/mol. The van der Waals surface area contributed by atoms with Gasteiger partial charge >= 0.3 is 11.9 Å². The molecule has 2 rings (SSSR count). The van der Waals surface area contributed by atoms with E-state index in [9.17, 15) is 14.4 Å². The molecule has 0 radical (unpaired) electrons. The summed E-state index contributed by atoms with van der Waals surface area (Å²) < 4.78 is 10.0. The third-order valence-electron chi connectivity index (χ3n) is 3.61. The lowest BCUT2D eigenvalue weighted by Crippen LogP contribution is -2.18.